The van der Waals surface area contributed by atoms with Gasteiger partial charge in [0.25, 0.3) is 0 Å². The van der Waals surface area contributed by atoms with E-state index in [1.165, 1.54) is 0 Å². The summed E-state index contributed by atoms with van der Waals surface area (Å²) in [7, 11) is -1.43. The summed E-state index contributed by atoms with van der Waals surface area (Å²) < 4.78 is 28.4. The highest BCUT2D eigenvalue weighted by Gasteiger charge is 2.30. The highest BCUT2D eigenvalue weighted by molar-refractivity contribution is 7.89. The van der Waals surface area contributed by atoms with Gasteiger partial charge in [-0.3, -0.25) is 0 Å². The van der Waals surface area contributed by atoms with Crippen LogP contribution in [0.25, 0.3) is 10.8 Å². The molecular weight excluding hydrogens is 424 g/mol. The zero-order chi connectivity index (χ0) is 22.1. The van der Waals surface area contributed by atoms with Crippen LogP contribution in [0.2, 0.25) is 0 Å². The average Bonchev–Trinajstić information content (AvgIpc) is 2.84. The summed E-state index contributed by atoms with van der Waals surface area (Å²) in [5.41, 5.74) is 0. The van der Waals surface area contributed by atoms with Crippen LogP contribution in [0.15, 0.2) is 59.8 Å². The molecular formula is C23H28N6O2S. The number of rotatable bonds is 4. The van der Waals surface area contributed by atoms with E-state index in [-0.39, 0.29) is 0 Å². The molecule has 3 aromatic rings. The fraction of sp³-hybridized carbons (Fsp3) is 0.391. The SMILES string of the molecule is CN1CCN(c2cc(N3CCN(S(=O)(=O)c4cccc5ccccc45)CC3)ncn2)CC1. The van der Waals surface area contributed by atoms with Gasteiger partial charge in [-0.2, -0.15) is 4.31 Å². The summed E-state index contributed by atoms with van der Waals surface area (Å²) in [5.74, 6) is 1.80. The van der Waals surface area contributed by atoms with Crippen LogP contribution in [0.1, 0.15) is 0 Å². The number of hydrogen-bond donors (Lipinski definition) is 0. The van der Waals surface area contributed by atoms with E-state index in [0.29, 0.717) is 31.1 Å². The first-order valence-corrected chi connectivity index (χ1v) is 12.4. The van der Waals surface area contributed by atoms with Crippen molar-refractivity contribution in [3.8, 4) is 0 Å². The molecule has 2 saturated heterocycles. The van der Waals surface area contributed by atoms with Crippen molar-refractivity contribution in [2.75, 3.05) is 69.2 Å². The molecule has 2 fully saturated rings. The highest BCUT2D eigenvalue weighted by Crippen LogP contribution is 2.27. The molecule has 2 aliphatic heterocycles. The van der Waals surface area contributed by atoms with Crippen LogP contribution >= 0.6 is 0 Å². The van der Waals surface area contributed by atoms with Gasteiger partial charge in [0.1, 0.15) is 18.0 Å². The van der Waals surface area contributed by atoms with Crippen LogP contribution in [0.5, 0.6) is 0 Å². The average molecular weight is 453 g/mol. The lowest BCUT2D eigenvalue weighted by Gasteiger charge is -2.36. The molecule has 2 aliphatic rings. The van der Waals surface area contributed by atoms with Gasteiger partial charge >= 0.3 is 0 Å². The summed E-state index contributed by atoms with van der Waals surface area (Å²) in [6.07, 6.45) is 1.61. The van der Waals surface area contributed by atoms with Crippen molar-refractivity contribution in [2.24, 2.45) is 0 Å². The Hall–Kier alpha value is -2.75. The van der Waals surface area contributed by atoms with Gasteiger partial charge in [0, 0.05) is 63.8 Å². The van der Waals surface area contributed by atoms with E-state index in [4.69, 9.17) is 0 Å². The number of sulfonamides is 1. The fourth-order valence-corrected chi connectivity index (χ4v) is 6.07. The topological polar surface area (TPSA) is 72.9 Å². The van der Waals surface area contributed by atoms with E-state index in [9.17, 15) is 8.42 Å². The molecule has 32 heavy (non-hydrogen) atoms. The molecule has 0 amide bonds. The third-order valence-corrected chi connectivity index (χ3v) is 8.35. The third-order valence-electron chi connectivity index (χ3n) is 6.40. The molecule has 0 radical (unpaired) electrons. The van der Waals surface area contributed by atoms with Gasteiger partial charge in [-0.1, -0.05) is 36.4 Å². The molecule has 0 unspecified atom stereocenters. The number of fused-ring (bicyclic) bond motifs is 1. The Morgan fingerprint density at radius 1 is 0.750 bits per heavy atom. The number of aromatic nitrogens is 2. The maximum atomic E-state index is 13.4. The molecule has 0 aliphatic carbocycles. The second kappa shape index (κ2) is 8.65. The normalized spacial score (nSPS) is 18.9. The van der Waals surface area contributed by atoms with Gasteiger partial charge in [-0.25, -0.2) is 18.4 Å². The smallest absolute Gasteiger partial charge is 0.243 e. The molecule has 0 N–H and O–H groups in total. The number of piperazine rings is 2. The molecule has 1 aromatic heterocycles. The lowest BCUT2D eigenvalue weighted by atomic mass is 10.1. The Balaban J connectivity index is 1.30. The summed E-state index contributed by atoms with van der Waals surface area (Å²) in [6.45, 7) is 5.99. The molecule has 8 nitrogen and oxygen atoms in total. The van der Waals surface area contributed by atoms with E-state index in [1.807, 2.05) is 42.5 Å². The lowest BCUT2D eigenvalue weighted by molar-refractivity contribution is 0.312. The van der Waals surface area contributed by atoms with E-state index in [2.05, 4.69) is 31.7 Å². The standard InChI is InChI=1S/C23H28N6O2S/c1-26-9-11-27(12-10-26)22-17-23(25-18-24-22)28-13-15-29(16-14-28)32(30,31)21-8-4-6-19-5-2-3-7-20(19)21/h2-8,17-18H,9-16H2,1H3. The maximum Gasteiger partial charge on any atom is 0.243 e. The summed E-state index contributed by atoms with van der Waals surface area (Å²) in [6, 6.07) is 15.1. The molecule has 168 valence electrons. The predicted octanol–water partition coefficient (Wildman–Crippen LogP) is 1.89. The second-order valence-electron chi connectivity index (χ2n) is 8.39. The monoisotopic (exact) mass is 452 g/mol. The van der Waals surface area contributed by atoms with Crippen LogP contribution in [0, 0.1) is 0 Å². The van der Waals surface area contributed by atoms with Crippen molar-refractivity contribution in [3.05, 3.63) is 54.9 Å². The minimum Gasteiger partial charge on any atom is -0.354 e. The van der Waals surface area contributed by atoms with Crippen LogP contribution in [0.4, 0.5) is 11.6 Å². The number of hydrogen-bond acceptors (Lipinski definition) is 7. The van der Waals surface area contributed by atoms with Gasteiger partial charge in [0.2, 0.25) is 10.0 Å². The third kappa shape index (κ3) is 4.03. The largest absolute Gasteiger partial charge is 0.354 e. The van der Waals surface area contributed by atoms with Gasteiger partial charge in [-0.15, -0.1) is 0 Å². The Morgan fingerprint density at radius 3 is 2.03 bits per heavy atom. The molecule has 5 rings (SSSR count). The molecule has 9 heteroatoms. The first-order chi connectivity index (χ1) is 15.5. The Labute approximate surface area is 189 Å². The van der Waals surface area contributed by atoms with E-state index >= 15 is 0 Å². The van der Waals surface area contributed by atoms with E-state index < -0.39 is 10.0 Å². The number of anilines is 2. The lowest BCUT2D eigenvalue weighted by Crippen LogP contribution is -2.49. The first kappa shape index (κ1) is 21.1. The van der Waals surface area contributed by atoms with Crippen molar-refractivity contribution in [1.82, 2.24) is 19.2 Å². The molecule has 2 aromatic carbocycles. The summed E-state index contributed by atoms with van der Waals surface area (Å²) in [4.78, 5) is 16.1. The molecule has 3 heterocycles. The first-order valence-electron chi connectivity index (χ1n) is 11.0. The Morgan fingerprint density at radius 2 is 1.34 bits per heavy atom. The van der Waals surface area contributed by atoms with Gasteiger partial charge in [-0.05, 0) is 18.5 Å². The van der Waals surface area contributed by atoms with Crippen LogP contribution in [0.3, 0.4) is 0 Å². The highest BCUT2D eigenvalue weighted by atomic mass is 32.2. The number of benzene rings is 2. The van der Waals surface area contributed by atoms with Crippen molar-refractivity contribution >= 4 is 32.4 Å². The molecule has 0 atom stereocenters. The zero-order valence-electron chi connectivity index (χ0n) is 18.3. The molecule has 0 spiro atoms. The summed E-state index contributed by atoms with van der Waals surface area (Å²) in [5, 5.41) is 1.70. The minimum absolute atomic E-state index is 0.378. The Kier molecular flexibility index (Phi) is 5.71. The van der Waals surface area contributed by atoms with Gasteiger partial charge in [0.15, 0.2) is 0 Å². The summed E-state index contributed by atoms with van der Waals surface area (Å²) >= 11 is 0. The van der Waals surface area contributed by atoms with Crippen molar-refractivity contribution < 1.29 is 8.42 Å². The van der Waals surface area contributed by atoms with Crippen LogP contribution in [-0.4, -0.2) is 87.0 Å². The molecule has 0 saturated carbocycles. The van der Waals surface area contributed by atoms with Crippen LogP contribution < -0.4 is 9.80 Å². The van der Waals surface area contributed by atoms with E-state index in [0.717, 1.165) is 48.6 Å². The van der Waals surface area contributed by atoms with E-state index in [1.54, 1.807) is 16.7 Å². The maximum absolute atomic E-state index is 13.4. The zero-order valence-corrected chi connectivity index (χ0v) is 19.1. The molecule has 0 bridgehead atoms. The van der Waals surface area contributed by atoms with Gasteiger partial charge in [0.05, 0.1) is 4.90 Å². The number of likely N-dealkylation sites (N-methyl/N-ethyl adjacent to an activating group) is 1. The number of nitrogens with zero attached hydrogens (tertiary/aromatic N) is 6. The predicted molar refractivity (Wildman–Crippen MR) is 127 cm³/mol. The van der Waals surface area contributed by atoms with Crippen molar-refractivity contribution in [3.63, 3.8) is 0 Å². The quantitative estimate of drug-likeness (QED) is 0.599. The Bertz CT molecular complexity index is 1200. The van der Waals surface area contributed by atoms with Crippen molar-refractivity contribution in [2.45, 2.75) is 4.90 Å². The van der Waals surface area contributed by atoms with Crippen LogP contribution in [-0.2, 0) is 10.0 Å². The van der Waals surface area contributed by atoms with Gasteiger partial charge < -0.3 is 14.7 Å². The second-order valence-corrected chi connectivity index (χ2v) is 10.3. The minimum atomic E-state index is -3.56. The fourth-order valence-electron chi connectivity index (χ4n) is 4.44. The van der Waals surface area contributed by atoms with Crippen molar-refractivity contribution in [1.29, 1.82) is 0 Å².